The summed E-state index contributed by atoms with van der Waals surface area (Å²) in [6, 6.07) is 0. The molecule has 0 bridgehead atoms. The maximum atomic E-state index is 5.95. The lowest BCUT2D eigenvalue weighted by molar-refractivity contribution is -0.0817. The molecule has 0 amide bonds. The van der Waals surface area contributed by atoms with Gasteiger partial charge in [0.1, 0.15) is 11.9 Å². The number of rotatable bonds is 5. The Labute approximate surface area is 172 Å². The van der Waals surface area contributed by atoms with Gasteiger partial charge < -0.3 is 24.2 Å². The molecule has 26 heavy (non-hydrogen) atoms. The van der Waals surface area contributed by atoms with Crippen molar-refractivity contribution in [3.8, 4) is 0 Å². The van der Waals surface area contributed by atoms with Crippen LogP contribution in [0.5, 0.6) is 0 Å². The molecule has 0 spiro atoms. The summed E-state index contributed by atoms with van der Waals surface area (Å²) in [4.78, 5) is 7.12. The van der Waals surface area contributed by atoms with E-state index in [0.29, 0.717) is 6.54 Å². The summed E-state index contributed by atoms with van der Waals surface area (Å²) in [6.07, 6.45) is 3.44. The van der Waals surface area contributed by atoms with Crippen molar-refractivity contribution < 1.29 is 14.0 Å². The van der Waals surface area contributed by atoms with Crippen LogP contribution in [0.2, 0.25) is 0 Å². The number of halogens is 1. The van der Waals surface area contributed by atoms with Gasteiger partial charge in [0.05, 0.1) is 18.4 Å². The van der Waals surface area contributed by atoms with Crippen LogP contribution in [0, 0.1) is 13.8 Å². The number of morpholine rings is 1. The van der Waals surface area contributed by atoms with E-state index in [1.54, 1.807) is 0 Å². The third-order valence-electron chi connectivity index (χ3n) is 4.91. The molecule has 0 saturated carbocycles. The van der Waals surface area contributed by atoms with Gasteiger partial charge in [-0.25, -0.2) is 0 Å². The topological polar surface area (TPSA) is 72.1 Å². The van der Waals surface area contributed by atoms with Crippen LogP contribution in [-0.2, 0) is 15.9 Å². The molecule has 1 aromatic rings. The summed E-state index contributed by atoms with van der Waals surface area (Å²) in [5, 5.41) is 7.43. The molecule has 2 saturated heterocycles. The lowest BCUT2D eigenvalue weighted by atomic mass is 10.1. The summed E-state index contributed by atoms with van der Waals surface area (Å²) in [7, 11) is 0. The SMILES string of the molecule is CCNC(=NCCc1c(C)noc1C)N1CCOC(C2CCCO2)C1.I. The second kappa shape index (κ2) is 10.5. The first-order valence-corrected chi connectivity index (χ1v) is 9.37. The van der Waals surface area contributed by atoms with E-state index < -0.39 is 0 Å². The predicted octanol–water partition coefficient (Wildman–Crippen LogP) is 2.30. The van der Waals surface area contributed by atoms with Gasteiger partial charge in [0.25, 0.3) is 0 Å². The highest BCUT2D eigenvalue weighted by Gasteiger charge is 2.32. The van der Waals surface area contributed by atoms with Gasteiger partial charge in [-0.3, -0.25) is 4.99 Å². The average molecular weight is 478 g/mol. The zero-order valence-corrected chi connectivity index (χ0v) is 18.3. The number of guanidine groups is 1. The van der Waals surface area contributed by atoms with Crippen molar-refractivity contribution in [1.82, 2.24) is 15.4 Å². The Morgan fingerprint density at radius 3 is 2.73 bits per heavy atom. The number of aryl methyl sites for hydroxylation is 2. The first-order valence-electron chi connectivity index (χ1n) is 9.37. The summed E-state index contributed by atoms with van der Waals surface area (Å²) in [5.41, 5.74) is 2.13. The fourth-order valence-electron chi connectivity index (χ4n) is 3.55. The maximum absolute atomic E-state index is 5.95. The molecule has 2 unspecified atom stereocenters. The third-order valence-corrected chi connectivity index (χ3v) is 4.91. The number of nitrogens with one attached hydrogen (secondary N) is 1. The largest absolute Gasteiger partial charge is 0.375 e. The molecule has 2 aliphatic heterocycles. The molecule has 0 aliphatic carbocycles. The van der Waals surface area contributed by atoms with Crippen molar-refractivity contribution in [2.75, 3.05) is 39.4 Å². The highest BCUT2D eigenvalue weighted by Crippen LogP contribution is 2.21. The van der Waals surface area contributed by atoms with E-state index >= 15 is 0 Å². The maximum Gasteiger partial charge on any atom is 0.194 e. The van der Waals surface area contributed by atoms with E-state index in [1.165, 1.54) is 5.56 Å². The molecule has 148 valence electrons. The Bertz CT molecular complexity index is 567. The lowest BCUT2D eigenvalue weighted by Gasteiger charge is -2.37. The van der Waals surface area contributed by atoms with Crippen LogP contribution < -0.4 is 5.32 Å². The van der Waals surface area contributed by atoms with Gasteiger partial charge in [0.2, 0.25) is 0 Å². The predicted molar refractivity (Wildman–Crippen MR) is 111 cm³/mol. The van der Waals surface area contributed by atoms with Gasteiger partial charge >= 0.3 is 0 Å². The van der Waals surface area contributed by atoms with E-state index in [0.717, 1.165) is 69.5 Å². The van der Waals surface area contributed by atoms with Crippen LogP contribution in [0.4, 0.5) is 0 Å². The second-order valence-corrected chi connectivity index (χ2v) is 6.70. The van der Waals surface area contributed by atoms with Crippen LogP contribution in [0.1, 0.15) is 36.8 Å². The smallest absolute Gasteiger partial charge is 0.194 e. The van der Waals surface area contributed by atoms with E-state index in [4.69, 9.17) is 19.0 Å². The summed E-state index contributed by atoms with van der Waals surface area (Å²) < 4.78 is 17.0. The van der Waals surface area contributed by atoms with E-state index in [2.05, 4.69) is 22.3 Å². The number of aromatic nitrogens is 1. The first kappa shape index (κ1) is 21.4. The molecule has 3 heterocycles. The van der Waals surface area contributed by atoms with Crippen molar-refractivity contribution in [2.45, 2.75) is 52.2 Å². The van der Waals surface area contributed by atoms with Gasteiger partial charge in [-0.2, -0.15) is 0 Å². The number of aliphatic imine (C=N–C) groups is 1. The third kappa shape index (κ3) is 5.32. The van der Waals surface area contributed by atoms with Crippen LogP contribution in [-0.4, -0.2) is 67.6 Å². The summed E-state index contributed by atoms with van der Waals surface area (Å²) in [6.45, 7) is 10.9. The van der Waals surface area contributed by atoms with Crippen molar-refractivity contribution >= 4 is 29.9 Å². The summed E-state index contributed by atoms with van der Waals surface area (Å²) in [5.74, 6) is 1.85. The molecular weight excluding hydrogens is 447 g/mol. The number of nitrogens with zero attached hydrogens (tertiary/aromatic N) is 3. The van der Waals surface area contributed by atoms with Crippen LogP contribution >= 0.6 is 24.0 Å². The van der Waals surface area contributed by atoms with Gasteiger partial charge in [-0.15, -0.1) is 24.0 Å². The zero-order chi connectivity index (χ0) is 17.6. The van der Waals surface area contributed by atoms with Gasteiger partial charge in [0, 0.05) is 38.3 Å². The Hall–Kier alpha value is -0.870. The standard InChI is InChI=1S/C18H30N4O3.HI/c1-4-19-18(20-8-7-15-13(2)21-25-14(15)3)22-9-11-24-17(12-22)16-6-5-10-23-16;/h16-17H,4-12H2,1-3H3,(H,19,20);1H. The number of ether oxygens (including phenoxy) is 2. The molecule has 2 aliphatic rings. The minimum absolute atomic E-state index is 0. The molecule has 3 rings (SSSR count). The van der Waals surface area contributed by atoms with Crippen molar-refractivity contribution in [3.63, 3.8) is 0 Å². The van der Waals surface area contributed by atoms with E-state index in [-0.39, 0.29) is 36.2 Å². The highest BCUT2D eigenvalue weighted by atomic mass is 127. The quantitative estimate of drug-likeness (QED) is 0.398. The molecule has 1 aromatic heterocycles. The Morgan fingerprint density at radius 2 is 2.08 bits per heavy atom. The van der Waals surface area contributed by atoms with Crippen molar-refractivity contribution in [2.24, 2.45) is 4.99 Å². The van der Waals surface area contributed by atoms with Crippen LogP contribution in [0.25, 0.3) is 0 Å². The zero-order valence-electron chi connectivity index (χ0n) is 16.0. The first-order chi connectivity index (χ1) is 12.2. The lowest BCUT2D eigenvalue weighted by Crippen LogP contribution is -2.53. The van der Waals surface area contributed by atoms with E-state index in [1.807, 2.05) is 13.8 Å². The fourth-order valence-corrected chi connectivity index (χ4v) is 3.55. The van der Waals surface area contributed by atoms with Gasteiger partial charge in [-0.05, 0) is 40.0 Å². The molecule has 7 nitrogen and oxygen atoms in total. The average Bonchev–Trinajstić information content (AvgIpc) is 3.26. The molecular formula is C18H31IN4O3. The minimum Gasteiger partial charge on any atom is -0.375 e. The van der Waals surface area contributed by atoms with Gasteiger partial charge in [0.15, 0.2) is 5.96 Å². The summed E-state index contributed by atoms with van der Waals surface area (Å²) >= 11 is 0. The fraction of sp³-hybridized carbons (Fsp3) is 0.778. The van der Waals surface area contributed by atoms with Crippen LogP contribution in [0.15, 0.2) is 9.52 Å². The Kier molecular flexibility index (Phi) is 8.62. The number of hydrogen-bond acceptors (Lipinski definition) is 5. The minimum atomic E-state index is 0. The second-order valence-electron chi connectivity index (χ2n) is 6.70. The monoisotopic (exact) mass is 478 g/mol. The Balaban J connectivity index is 0.00000243. The van der Waals surface area contributed by atoms with Gasteiger partial charge in [-0.1, -0.05) is 5.16 Å². The Morgan fingerprint density at radius 1 is 1.27 bits per heavy atom. The molecule has 1 N–H and O–H groups in total. The molecule has 0 radical (unpaired) electrons. The molecule has 0 aromatic carbocycles. The van der Waals surface area contributed by atoms with Crippen LogP contribution in [0.3, 0.4) is 0 Å². The van der Waals surface area contributed by atoms with Crippen molar-refractivity contribution in [1.29, 1.82) is 0 Å². The molecule has 2 fully saturated rings. The number of hydrogen-bond donors (Lipinski definition) is 1. The molecule has 8 heteroatoms. The highest BCUT2D eigenvalue weighted by molar-refractivity contribution is 14.0. The van der Waals surface area contributed by atoms with Crippen molar-refractivity contribution in [3.05, 3.63) is 17.0 Å². The molecule has 2 atom stereocenters. The van der Waals surface area contributed by atoms with E-state index in [9.17, 15) is 0 Å². The normalized spacial score (nSPS) is 23.8.